The van der Waals surface area contributed by atoms with Gasteiger partial charge in [0.2, 0.25) is 0 Å². The second-order valence-corrected chi connectivity index (χ2v) is 5.88. The summed E-state index contributed by atoms with van der Waals surface area (Å²) in [5.74, 6) is 0.958. The van der Waals surface area contributed by atoms with Gasteiger partial charge in [-0.15, -0.1) is 0 Å². The number of nitrogens with one attached hydrogen (secondary N) is 1. The summed E-state index contributed by atoms with van der Waals surface area (Å²) >= 11 is 0. The average Bonchev–Trinajstić information content (AvgIpc) is 2.56. The highest BCUT2D eigenvalue weighted by atomic mass is 16.5. The minimum Gasteiger partial charge on any atom is -0.492 e. The number of unbranched alkanes of at least 4 members (excludes halogenated alkanes) is 5. The molecule has 2 aromatic carbocycles. The first-order valence-electron chi connectivity index (χ1n) is 8.72. The van der Waals surface area contributed by atoms with Gasteiger partial charge < -0.3 is 10.1 Å². The van der Waals surface area contributed by atoms with Crippen LogP contribution < -0.4 is 10.1 Å². The van der Waals surface area contributed by atoms with E-state index in [0.29, 0.717) is 0 Å². The molecule has 2 aromatic rings. The third-order valence-corrected chi connectivity index (χ3v) is 3.98. The van der Waals surface area contributed by atoms with Crippen molar-refractivity contribution in [1.29, 1.82) is 0 Å². The number of hydrogen-bond acceptors (Lipinski definition) is 2. The van der Waals surface area contributed by atoms with Gasteiger partial charge in [-0.2, -0.15) is 0 Å². The molecule has 0 unspecified atom stereocenters. The lowest BCUT2D eigenvalue weighted by atomic mass is 10.1. The van der Waals surface area contributed by atoms with E-state index in [9.17, 15) is 0 Å². The fraction of sp³-hybridized carbons (Fsp3) is 0.500. The van der Waals surface area contributed by atoms with Crippen LogP contribution >= 0.6 is 0 Å². The Morgan fingerprint density at radius 2 is 1.59 bits per heavy atom. The lowest BCUT2D eigenvalue weighted by Gasteiger charge is -2.08. The molecular weight excluding hydrogens is 270 g/mol. The zero-order valence-electron chi connectivity index (χ0n) is 13.8. The first-order chi connectivity index (χ1) is 10.9. The molecule has 0 saturated heterocycles. The van der Waals surface area contributed by atoms with Gasteiger partial charge in [0.1, 0.15) is 12.4 Å². The van der Waals surface area contributed by atoms with E-state index >= 15 is 0 Å². The molecule has 0 heterocycles. The molecule has 0 aliphatic carbocycles. The molecule has 0 bridgehead atoms. The van der Waals surface area contributed by atoms with Crippen LogP contribution in [0.5, 0.6) is 5.75 Å². The molecular formula is C20H29NO. The SMILES string of the molecule is CCCCCCCCNCCOc1ccc2ccccc2c1. The lowest BCUT2D eigenvalue weighted by Crippen LogP contribution is -2.22. The van der Waals surface area contributed by atoms with Gasteiger partial charge in [0.25, 0.3) is 0 Å². The van der Waals surface area contributed by atoms with Crippen molar-refractivity contribution in [3.8, 4) is 5.75 Å². The van der Waals surface area contributed by atoms with E-state index in [-0.39, 0.29) is 0 Å². The van der Waals surface area contributed by atoms with Crippen LogP contribution in [0.2, 0.25) is 0 Å². The number of benzene rings is 2. The zero-order valence-corrected chi connectivity index (χ0v) is 13.8. The Morgan fingerprint density at radius 1 is 0.818 bits per heavy atom. The third-order valence-electron chi connectivity index (χ3n) is 3.98. The number of hydrogen-bond donors (Lipinski definition) is 1. The Morgan fingerprint density at radius 3 is 2.45 bits per heavy atom. The van der Waals surface area contributed by atoms with Gasteiger partial charge in [0, 0.05) is 6.54 Å². The van der Waals surface area contributed by atoms with Crippen LogP contribution in [0, 0.1) is 0 Å². The van der Waals surface area contributed by atoms with Crippen LogP contribution in [0.1, 0.15) is 45.4 Å². The number of ether oxygens (including phenoxy) is 1. The van der Waals surface area contributed by atoms with E-state index in [1.54, 1.807) is 0 Å². The van der Waals surface area contributed by atoms with Crippen molar-refractivity contribution < 1.29 is 4.74 Å². The van der Waals surface area contributed by atoms with Crippen molar-refractivity contribution in [2.24, 2.45) is 0 Å². The lowest BCUT2D eigenvalue weighted by molar-refractivity contribution is 0.314. The summed E-state index contributed by atoms with van der Waals surface area (Å²) in [6.45, 7) is 5.01. The minimum absolute atomic E-state index is 0.730. The van der Waals surface area contributed by atoms with Crippen molar-refractivity contribution >= 4 is 10.8 Å². The Kier molecular flexibility index (Phi) is 7.82. The Bertz CT molecular complexity index is 538. The molecule has 0 amide bonds. The zero-order chi connectivity index (χ0) is 15.5. The minimum atomic E-state index is 0.730. The smallest absolute Gasteiger partial charge is 0.120 e. The third kappa shape index (κ3) is 6.07. The average molecular weight is 299 g/mol. The van der Waals surface area contributed by atoms with Crippen molar-refractivity contribution in [3.05, 3.63) is 42.5 Å². The van der Waals surface area contributed by atoms with Crippen molar-refractivity contribution in [2.75, 3.05) is 19.7 Å². The van der Waals surface area contributed by atoms with E-state index < -0.39 is 0 Å². The monoisotopic (exact) mass is 299 g/mol. The standard InChI is InChI=1S/C20H29NO/c1-2-3-4-5-6-9-14-21-15-16-22-20-13-12-18-10-7-8-11-19(18)17-20/h7-8,10-13,17,21H,2-6,9,14-16H2,1H3. The molecule has 120 valence electrons. The first-order valence-corrected chi connectivity index (χ1v) is 8.72. The van der Waals surface area contributed by atoms with Gasteiger partial charge >= 0.3 is 0 Å². The van der Waals surface area contributed by atoms with Gasteiger partial charge in [0.05, 0.1) is 0 Å². The Balaban J connectivity index is 1.54. The molecule has 0 saturated carbocycles. The first kappa shape index (κ1) is 16.8. The molecule has 0 spiro atoms. The predicted octanol–water partition coefficient (Wildman–Crippen LogP) is 5.17. The summed E-state index contributed by atoms with van der Waals surface area (Å²) in [6, 6.07) is 14.7. The topological polar surface area (TPSA) is 21.3 Å². The molecule has 22 heavy (non-hydrogen) atoms. The van der Waals surface area contributed by atoms with Gasteiger partial charge in [0.15, 0.2) is 0 Å². The van der Waals surface area contributed by atoms with Crippen LogP contribution in [0.3, 0.4) is 0 Å². The molecule has 0 fully saturated rings. The van der Waals surface area contributed by atoms with Crippen LogP contribution in [-0.4, -0.2) is 19.7 Å². The summed E-state index contributed by atoms with van der Waals surface area (Å²) in [7, 11) is 0. The van der Waals surface area contributed by atoms with Gasteiger partial charge in [-0.3, -0.25) is 0 Å². The molecule has 1 N–H and O–H groups in total. The van der Waals surface area contributed by atoms with Crippen molar-refractivity contribution in [3.63, 3.8) is 0 Å². The molecule has 0 atom stereocenters. The molecule has 0 aromatic heterocycles. The highest BCUT2D eigenvalue weighted by Gasteiger charge is 1.97. The van der Waals surface area contributed by atoms with Gasteiger partial charge in [-0.05, 0) is 35.9 Å². The maximum Gasteiger partial charge on any atom is 0.120 e. The maximum atomic E-state index is 5.81. The second-order valence-electron chi connectivity index (χ2n) is 5.88. The Labute approximate surface area is 134 Å². The van der Waals surface area contributed by atoms with Gasteiger partial charge in [-0.25, -0.2) is 0 Å². The van der Waals surface area contributed by atoms with E-state index in [4.69, 9.17) is 4.74 Å². The van der Waals surface area contributed by atoms with Crippen LogP contribution in [-0.2, 0) is 0 Å². The molecule has 2 rings (SSSR count). The van der Waals surface area contributed by atoms with Crippen molar-refractivity contribution in [1.82, 2.24) is 5.32 Å². The second kappa shape index (κ2) is 10.2. The van der Waals surface area contributed by atoms with E-state index in [2.05, 4.69) is 54.7 Å². The Hall–Kier alpha value is -1.54. The summed E-state index contributed by atoms with van der Waals surface area (Å²) in [6.07, 6.45) is 8.10. The normalized spacial score (nSPS) is 11.0. The quantitative estimate of drug-likeness (QED) is 0.578. The highest BCUT2D eigenvalue weighted by molar-refractivity contribution is 5.83. The van der Waals surface area contributed by atoms with E-state index in [0.717, 1.165) is 25.4 Å². The van der Waals surface area contributed by atoms with Crippen LogP contribution in [0.4, 0.5) is 0 Å². The molecule has 0 aliphatic rings. The summed E-state index contributed by atoms with van der Waals surface area (Å²) < 4.78 is 5.81. The fourth-order valence-corrected chi connectivity index (χ4v) is 2.65. The number of fused-ring (bicyclic) bond motifs is 1. The van der Waals surface area contributed by atoms with E-state index in [1.165, 1.54) is 49.3 Å². The maximum absolute atomic E-state index is 5.81. The summed E-state index contributed by atoms with van der Waals surface area (Å²) in [5, 5.41) is 5.96. The molecule has 0 radical (unpaired) electrons. The predicted molar refractivity (Wildman–Crippen MR) is 95.7 cm³/mol. The molecule has 2 heteroatoms. The summed E-state index contributed by atoms with van der Waals surface area (Å²) in [5.41, 5.74) is 0. The summed E-state index contributed by atoms with van der Waals surface area (Å²) in [4.78, 5) is 0. The fourth-order valence-electron chi connectivity index (χ4n) is 2.65. The van der Waals surface area contributed by atoms with Crippen LogP contribution in [0.15, 0.2) is 42.5 Å². The largest absolute Gasteiger partial charge is 0.492 e. The van der Waals surface area contributed by atoms with Crippen LogP contribution in [0.25, 0.3) is 10.8 Å². The van der Waals surface area contributed by atoms with E-state index in [1.807, 2.05) is 0 Å². The molecule has 2 nitrogen and oxygen atoms in total. The van der Waals surface area contributed by atoms with Gasteiger partial charge in [-0.1, -0.05) is 69.4 Å². The number of rotatable bonds is 11. The molecule has 0 aliphatic heterocycles. The highest BCUT2D eigenvalue weighted by Crippen LogP contribution is 2.20. The van der Waals surface area contributed by atoms with Crippen molar-refractivity contribution in [2.45, 2.75) is 45.4 Å².